The van der Waals surface area contributed by atoms with Crippen molar-refractivity contribution in [2.75, 3.05) is 26.7 Å². The quantitative estimate of drug-likeness (QED) is 0.366. The van der Waals surface area contributed by atoms with Crippen LogP contribution in [0.25, 0.3) is 0 Å². The van der Waals surface area contributed by atoms with Gasteiger partial charge >= 0.3 is 0 Å². The van der Waals surface area contributed by atoms with E-state index in [1.807, 2.05) is 18.8 Å². The summed E-state index contributed by atoms with van der Waals surface area (Å²) >= 11 is 0. The lowest BCUT2D eigenvalue weighted by Gasteiger charge is -2.35. The number of aryl methyl sites for hydroxylation is 2. The van der Waals surface area contributed by atoms with Gasteiger partial charge in [0.25, 0.3) is 0 Å². The van der Waals surface area contributed by atoms with Crippen LogP contribution in [0.2, 0.25) is 0 Å². The summed E-state index contributed by atoms with van der Waals surface area (Å²) in [5.74, 6) is 1.60. The lowest BCUT2D eigenvalue weighted by molar-refractivity contribution is 0.141. The highest BCUT2D eigenvalue weighted by atomic mass is 127. The molecule has 1 fully saturated rings. The summed E-state index contributed by atoms with van der Waals surface area (Å²) in [5, 5.41) is 11.6. The molecule has 1 aliphatic rings. The van der Waals surface area contributed by atoms with Gasteiger partial charge in [0, 0.05) is 45.0 Å². The monoisotopic (exact) mass is 490 g/mol. The van der Waals surface area contributed by atoms with Gasteiger partial charge < -0.3 is 15.5 Å². The Labute approximate surface area is 182 Å². The van der Waals surface area contributed by atoms with E-state index in [4.69, 9.17) is 0 Å². The van der Waals surface area contributed by atoms with Crippen LogP contribution in [0.4, 0.5) is 0 Å². The van der Waals surface area contributed by atoms with Gasteiger partial charge in [0.05, 0.1) is 5.69 Å². The number of nitrogens with zero attached hydrogens (tertiary/aromatic N) is 4. The number of aromatic nitrogens is 2. The van der Waals surface area contributed by atoms with Crippen LogP contribution in [-0.2, 0) is 13.5 Å². The minimum Gasteiger partial charge on any atom is -0.356 e. The molecular formula is C20H39IN6. The van der Waals surface area contributed by atoms with Gasteiger partial charge in [-0.05, 0) is 71.9 Å². The maximum absolute atomic E-state index is 4.52. The van der Waals surface area contributed by atoms with Crippen LogP contribution in [0.5, 0.6) is 0 Å². The molecule has 1 aromatic heterocycles. The highest BCUT2D eigenvalue weighted by molar-refractivity contribution is 14.0. The molecule has 0 saturated carbocycles. The summed E-state index contributed by atoms with van der Waals surface area (Å²) in [5.41, 5.74) is 3.70. The van der Waals surface area contributed by atoms with E-state index in [9.17, 15) is 0 Å². The summed E-state index contributed by atoms with van der Waals surface area (Å²) in [7, 11) is 3.86. The van der Waals surface area contributed by atoms with Crippen molar-refractivity contribution in [3.63, 3.8) is 0 Å². The molecule has 0 radical (unpaired) electrons. The Hall–Kier alpha value is -0.830. The fraction of sp³-hybridized carbons (Fsp3) is 0.800. The second-order valence-corrected chi connectivity index (χ2v) is 8.07. The summed E-state index contributed by atoms with van der Waals surface area (Å²) in [6.07, 6.45) is 3.56. The normalized spacial score (nSPS) is 19.7. The van der Waals surface area contributed by atoms with Crippen molar-refractivity contribution >= 4 is 29.9 Å². The summed E-state index contributed by atoms with van der Waals surface area (Å²) in [4.78, 5) is 7.00. The second kappa shape index (κ2) is 11.2. The van der Waals surface area contributed by atoms with E-state index >= 15 is 0 Å². The third-order valence-electron chi connectivity index (χ3n) is 5.61. The Bertz CT molecular complexity index is 610. The molecule has 1 aliphatic heterocycles. The first-order valence-corrected chi connectivity index (χ1v) is 10.0. The van der Waals surface area contributed by atoms with Crippen molar-refractivity contribution in [2.45, 2.75) is 66.0 Å². The maximum Gasteiger partial charge on any atom is 0.191 e. The van der Waals surface area contributed by atoms with Gasteiger partial charge in [-0.2, -0.15) is 5.10 Å². The van der Waals surface area contributed by atoms with Crippen molar-refractivity contribution in [1.82, 2.24) is 25.3 Å². The number of hydrogen-bond acceptors (Lipinski definition) is 3. The molecule has 2 heterocycles. The van der Waals surface area contributed by atoms with Crippen LogP contribution >= 0.6 is 24.0 Å². The first-order valence-electron chi connectivity index (χ1n) is 10.0. The average molecular weight is 490 g/mol. The number of guanidine groups is 1. The molecule has 156 valence electrons. The molecule has 0 spiro atoms. The van der Waals surface area contributed by atoms with Gasteiger partial charge in [-0.1, -0.05) is 0 Å². The lowest BCUT2D eigenvalue weighted by atomic mass is 9.97. The third kappa shape index (κ3) is 6.93. The molecule has 0 bridgehead atoms. The van der Waals surface area contributed by atoms with Crippen LogP contribution in [0.3, 0.4) is 0 Å². The third-order valence-corrected chi connectivity index (χ3v) is 5.61. The molecule has 2 N–H and O–H groups in total. The van der Waals surface area contributed by atoms with Crippen molar-refractivity contribution in [1.29, 1.82) is 0 Å². The Kier molecular flexibility index (Phi) is 10.1. The molecule has 2 rings (SSSR count). The van der Waals surface area contributed by atoms with Crippen molar-refractivity contribution in [3.05, 3.63) is 17.0 Å². The van der Waals surface area contributed by atoms with E-state index in [0.717, 1.165) is 24.6 Å². The van der Waals surface area contributed by atoms with Gasteiger partial charge in [0.2, 0.25) is 0 Å². The van der Waals surface area contributed by atoms with E-state index in [0.29, 0.717) is 18.0 Å². The predicted octanol–water partition coefficient (Wildman–Crippen LogP) is 2.87. The Morgan fingerprint density at radius 1 is 1.30 bits per heavy atom. The number of rotatable bonds is 6. The Morgan fingerprint density at radius 3 is 2.56 bits per heavy atom. The predicted molar refractivity (Wildman–Crippen MR) is 125 cm³/mol. The Morgan fingerprint density at radius 2 is 2.00 bits per heavy atom. The van der Waals surface area contributed by atoms with E-state index in [2.05, 4.69) is 60.2 Å². The molecule has 0 aliphatic carbocycles. The molecule has 27 heavy (non-hydrogen) atoms. The van der Waals surface area contributed by atoms with Crippen molar-refractivity contribution < 1.29 is 0 Å². The first kappa shape index (κ1) is 24.2. The highest BCUT2D eigenvalue weighted by Gasteiger charge is 2.22. The molecule has 7 heteroatoms. The number of aliphatic imine (C=N–C) groups is 1. The van der Waals surface area contributed by atoms with Crippen LogP contribution in [0.15, 0.2) is 4.99 Å². The van der Waals surface area contributed by atoms with Gasteiger partial charge in [0.15, 0.2) is 5.96 Å². The molecule has 2 unspecified atom stereocenters. The maximum atomic E-state index is 4.52. The zero-order chi connectivity index (χ0) is 19.3. The van der Waals surface area contributed by atoms with Gasteiger partial charge in [0.1, 0.15) is 0 Å². The fourth-order valence-corrected chi connectivity index (χ4v) is 3.87. The minimum absolute atomic E-state index is 0. The number of nitrogens with one attached hydrogen (secondary N) is 2. The number of likely N-dealkylation sites (tertiary alicyclic amines) is 1. The average Bonchev–Trinajstić information content (AvgIpc) is 2.85. The molecule has 2 atom stereocenters. The largest absolute Gasteiger partial charge is 0.356 e. The number of piperidine rings is 1. The van der Waals surface area contributed by atoms with E-state index in [-0.39, 0.29) is 24.0 Å². The molecular weight excluding hydrogens is 451 g/mol. The second-order valence-electron chi connectivity index (χ2n) is 8.07. The zero-order valence-corrected chi connectivity index (χ0v) is 20.5. The summed E-state index contributed by atoms with van der Waals surface area (Å²) in [6.45, 7) is 14.4. The summed E-state index contributed by atoms with van der Waals surface area (Å²) in [6, 6.07) is 0.947. The molecule has 1 saturated heterocycles. The van der Waals surface area contributed by atoms with E-state index in [1.54, 1.807) is 0 Å². The minimum atomic E-state index is 0. The number of hydrogen-bond donors (Lipinski definition) is 2. The highest BCUT2D eigenvalue weighted by Crippen LogP contribution is 2.18. The van der Waals surface area contributed by atoms with Crippen LogP contribution < -0.4 is 10.6 Å². The van der Waals surface area contributed by atoms with E-state index < -0.39 is 0 Å². The van der Waals surface area contributed by atoms with Gasteiger partial charge in [-0.25, -0.2) is 0 Å². The molecule has 1 aromatic rings. The molecule has 0 aromatic carbocycles. The standard InChI is InChI=1S/C20H38N6.HI/c1-14(2)26-10-8-9-18(13-26)12-22-20(21-6)23-15(3)11-19-16(4)24-25(7)17(19)5;/h14-15,18H,8-13H2,1-7H3,(H2,21,22,23);1H. The topological polar surface area (TPSA) is 57.5 Å². The first-order chi connectivity index (χ1) is 12.3. The van der Waals surface area contributed by atoms with Crippen molar-refractivity contribution in [2.24, 2.45) is 18.0 Å². The fourth-order valence-electron chi connectivity index (χ4n) is 3.87. The smallest absolute Gasteiger partial charge is 0.191 e. The summed E-state index contributed by atoms with van der Waals surface area (Å²) < 4.78 is 1.97. The van der Waals surface area contributed by atoms with Crippen LogP contribution in [0, 0.1) is 19.8 Å². The van der Waals surface area contributed by atoms with Crippen molar-refractivity contribution in [3.8, 4) is 0 Å². The van der Waals surface area contributed by atoms with Gasteiger partial charge in [-0.3, -0.25) is 9.67 Å². The zero-order valence-electron chi connectivity index (χ0n) is 18.2. The lowest BCUT2D eigenvalue weighted by Crippen LogP contribution is -2.48. The Balaban J connectivity index is 0.00000364. The SMILES string of the molecule is CN=C(NCC1CCCN(C(C)C)C1)NC(C)Cc1c(C)nn(C)c1C.I. The number of halogens is 1. The van der Waals surface area contributed by atoms with Crippen LogP contribution in [-0.4, -0.2) is 59.4 Å². The molecule has 0 amide bonds. The molecule has 6 nitrogen and oxygen atoms in total. The van der Waals surface area contributed by atoms with Crippen LogP contribution in [0.1, 0.15) is 50.6 Å². The van der Waals surface area contributed by atoms with Gasteiger partial charge in [-0.15, -0.1) is 24.0 Å². The van der Waals surface area contributed by atoms with E-state index in [1.165, 1.54) is 37.2 Å².